The second kappa shape index (κ2) is 4.20. The number of aliphatic carboxylic acids is 1. The highest BCUT2D eigenvalue weighted by Crippen LogP contribution is 2.32. The Morgan fingerprint density at radius 3 is 2.59 bits per heavy atom. The Balaban J connectivity index is 2.01. The van der Waals surface area contributed by atoms with Crippen LogP contribution in [0.3, 0.4) is 0 Å². The minimum Gasteiger partial charge on any atom is -0.481 e. The molecule has 1 heterocycles. The van der Waals surface area contributed by atoms with E-state index >= 15 is 0 Å². The monoisotopic (exact) mass is 240 g/mol. The number of hydrogen-bond acceptors (Lipinski definition) is 2. The maximum atomic E-state index is 12.1. The van der Waals surface area contributed by atoms with Crippen LogP contribution in [-0.2, 0) is 4.79 Å². The molecule has 2 rings (SSSR count). The summed E-state index contributed by atoms with van der Waals surface area (Å²) in [4.78, 5) is 26.8. The summed E-state index contributed by atoms with van der Waals surface area (Å²) in [6.07, 6.45) is 3.57. The Morgan fingerprint density at radius 1 is 1.41 bits per heavy atom. The SMILES string of the molecule is CN(C(=O)N1CCCC(C)(C(=O)O)C1)C1CC1. The summed E-state index contributed by atoms with van der Waals surface area (Å²) in [6.45, 7) is 2.74. The molecular formula is C12H20N2O3. The minimum absolute atomic E-state index is 0.0142. The molecular weight excluding hydrogens is 220 g/mol. The van der Waals surface area contributed by atoms with Crippen LogP contribution >= 0.6 is 0 Å². The van der Waals surface area contributed by atoms with Gasteiger partial charge in [-0.2, -0.15) is 0 Å². The summed E-state index contributed by atoms with van der Waals surface area (Å²) >= 11 is 0. The molecule has 0 aromatic rings. The molecule has 1 aliphatic carbocycles. The minimum atomic E-state index is -0.802. The fourth-order valence-corrected chi connectivity index (χ4v) is 2.42. The van der Waals surface area contributed by atoms with E-state index in [9.17, 15) is 14.7 Å². The molecule has 96 valence electrons. The maximum Gasteiger partial charge on any atom is 0.320 e. The van der Waals surface area contributed by atoms with Gasteiger partial charge >= 0.3 is 12.0 Å². The van der Waals surface area contributed by atoms with Gasteiger partial charge in [-0.1, -0.05) is 0 Å². The Hall–Kier alpha value is -1.26. The lowest BCUT2D eigenvalue weighted by Gasteiger charge is -2.39. The van der Waals surface area contributed by atoms with Crippen molar-refractivity contribution in [2.24, 2.45) is 5.41 Å². The molecule has 2 amide bonds. The standard InChI is InChI=1S/C12H20N2O3/c1-12(10(15)16)6-3-7-14(8-12)11(17)13(2)9-4-5-9/h9H,3-8H2,1-2H3,(H,15,16). The van der Waals surface area contributed by atoms with Crippen LogP contribution in [0.4, 0.5) is 4.79 Å². The molecule has 5 heteroatoms. The zero-order valence-electron chi connectivity index (χ0n) is 10.5. The van der Waals surface area contributed by atoms with Crippen LogP contribution in [0.5, 0.6) is 0 Å². The quantitative estimate of drug-likeness (QED) is 0.793. The number of carbonyl (C=O) groups is 2. The van der Waals surface area contributed by atoms with Crippen molar-refractivity contribution in [3.05, 3.63) is 0 Å². The average molecular weight is 240 g/mol. The molecule has 0 spiro atoms. The fourth-order valence-electron chi connectivity index (χ4n) is 2.42. The zero-order chi connectivity index (χ0) is 12.6. The highest BCUT2D eigenvalue weighted by molar-refractivity contribution is 5.78. The number of urea groups is 1. The van der Waals surface area contributed by atoms with Crippen molar-refractivity contribution in [2.75, 3.05) is 20.1 Å². The number of amides is 2. The van der Waals surface area contributed by atoms with Crippen molar-refractivity contribution >= 4 is 12.0 Å². The van der Waals surface area contributed by atoms with E-state index in [1.54, 1.807) is 16.7 Å². The molecule has 5 nitrogen and oxygen atoms in total. The number of likely N-dealkylation sites (tertiary alicyclic amines) is 1. The van der Waals surface area contributed by atoms with Gasteiger partial charge in [-0.05, 0) is 32.6 Å². The predicted octanol–water partition coefficient (Wildman–Crippen LogP) is 1.39. The van der Waals surface area contributed by atoms with Crippen LogP contribution in [0.1, 0.15) is 32.6 Å². The molecule has 2 aliphatic rings. The first-order valence-electron chi connectivity index (χ1n) is 6.19. The van der Waals surface area contributed by atoms with Crippen molar-refractivity contribution in [3.8, 4) is 0 Å². The summed E-state index contributed by atoms with van der Waals surface area (Å²) < 4.78 is 0. The van der Waals surface area contributed by atoms with Gasteiger partial charge in [-0.15, -0.1) is 0 Å². The molecule has 1 saturated carbocycles. The van der Waals surface area contributed by atoms with Crippen LogP contribution in [0, 0.1) is 5.41 Å². The number of carboxylic acids is 1. The van der Waals surface area contributed by atoms with E-state index in [1.807, 2.05) is 7.05 Å². The molecule has 1 N–H and O–H groups in total. The Morgan fingerprint density at radius 2 is 2.06 bits per heavy atom. The topological polar surface area (TPSA) is 60.9 Å². The van der Waals surface area contributed by atoms with Crippen molar-refractivity contribution < 1.29 is 14.7 Å². The van der Waals surface area contributed by atoms with Crippen LogP contribution < -0.4 is 0 Å². The van der Waals surface area contributed by atoms with E-state index in [0.717, 1.165) is 19.3 Å². The van der Waals surface area contributed by atoms with Crippen molar-refractivity contribution in [1.29, 1.82) is 0 Å². The van der Waals surface area contributed by atoms with E-state index in [4.69, 9.17) is 0 Å². The fraction of sp³-hybridized carbons (Fsp3) is 0.833. The van der Waals surface area contributed by atoms with Gasteiger partial charge in [-0.3, -0.25) is 4.79 Å². The molecule has 1 atom stereocenters. The first-order chi connectivity index (χ1) is 7.94. The molecule has 2 fully saturated rings. The second-order valence-corrected chi connectivity index (χ2v) is 5.52. The van der Waals surface area contributed by atoms with Crippen molar-refractivity contribution in [2.45, 2.75) is 38.6 Å². The predicted molar refractivity (Wildman–Crippen MR) is 62.7 cm³/mol. The highest BCUT2D eigenvalue weighted by Gasteiger charge is 2.41. The van der Waals surface area contributed by atoms with E-state index in [0.29, 0.717) is 25.6 Å². The maximum absolute atomic E-state index is 12.1. The number of piperidine rings is 1. The Kier molecular flexibility index (Phi) is 3.02. The normalized spacial score (nSPS) is 28.9. The number of hydrogen-bond donors (Lipinski definition) is 1. The summed E-state index contributed by atoms with van der Waals surface area (Å²) in [6, 6.07) is 0.361. The first-order valence-corrected chi connectivity index (χ1v) is 6.19. The number of carboxylic acid groups (broad SMARTS) is 1. The zero-order valence-corrected chi connectivity index (χ0v) is 10.5. The molecule has 1 saturated heterocycles. The van der Waals surface area contributed by atoms with Crippen LogP contribution in [0.15, 0.2) is 0 Å². The molecule has 0 bridgehead atoms. The molecule has 0 aromatic heterocycles. The lowest BCUT2D eigenvalue weighted by atomic mass is 9.82. The third-order valence-corrected chi connectivity index (χ3v) is 3.88. The third-order valence-electron chi connectivity index (χ3n) is 3.88. The van der Waals surface area contributed by atoms with Gasteiger partial charge in [0.1, 0.15) is 0 Å². The lowest BCUT2D eigenvalue weighted by molar-refractivity contribution is -0.150. The van der Waals surface area contributed by atoms with Gasteiger partial charge in [0.15, 0.2) is 0 Å². The number of nitrogens with zero attached hydrogens (tertiary/aromatic N) is 2. The summed E-state index contributed by atoms with van der Waals surface area (Å²) in [5, 5.41) is 9.21. The van der Waals surface area contributed by atoms with E-state index in [2.05, 4.69) is 0 Å². The smallest absolute Gasteiger partial charge is 0.320 e. The van der Waals surface area contributed by atoms with E-state index in [-0.39, 0.29) is 6.03 Å². The van der Waals surface area contributed by atoms with Gasteiger partial charge in [0.2, 0.25) is 0 Å². The van der Waals surface area contributed by atoms with E-state index < -0.39 is 11.4 Å². The molecule has 0 aromatic carbocycles. The molecule has 0 radical (unpaired) electrons. The van der Waals surface area contributed by atoms with Crippen LogP contribution in [0.25, 0.3) is 0 Å². The molecule has 1 unspecified atom stereocenters. The second-order valence-electron chi connectivity index (χ2n) is 5.52. The van der Waals surface area contributed by atoms with Crippen molar-refractivity contribution in [1.82, 2.24) is 9.80 Å². The molecule has 1 aliphatic heterocycles. The van der Waals surface area contributed by atoms with Gasteiger partial charge in [0.05, 0.1) is 5.41 Å². The number of rotatable bonds is 2. The first kappa shape index (κ1) is 12.2. The van der Waals surface area contributed by atoms with Gasteiger partial charge in [0.25, 0.3) is 0 Å². The van der Waals surface area contributed by atoms with E-state index in [1.165, 1.54) is 0 Å². The Bertz CT molecular complexity index is 341. The molecule has 17 heavy (non-hydrogen) atoms. The largest absolute Gasteiger partial charge is 0.481 e. The van der Waals surface area contributed by atoms with Crippen molar-refractivity contribution in [3.63, 3.8) is 0 Å². The summed E-state index contributed by atoms with van der Waals surface area (Å²) in [5.74, 6) is -0.802. The highest BCUT2D eigenvalue weighted by atomic mass is 16.4. The van der Waals surface area contributed by atoms with Gasteiger partial charge in [-0.25, -0.2) is 4.79 Å². The third kappa shape index (κ3) is 2.37. The van der Waals surface area contributed by atoms with Crippen LogP contribution in [0.2, 0.25) is 0 Å². The summed E-state index contributed by atoms with van der Waals surface area (Å²) in [7, 11) is 1.81. The van der Waals surface area contributed by atoms with Gasteiger partial charge < -0.3 is 14.9 Å². The van der Waals surface area contributed by atoms with Gasteiger partial charge in [0, 0.05) is 26.2 Å². The Labute approximate surface area is 101 Å². The number of carbonyl (C=O) groups excluding carboxylic acids is 1. The summed E-state index contributed by atoms with van der Waals surface area (Å²) in [5.41, 5.74) is -0.779. The lowest BCUT2D eigenvalue weighted by Crippen LogP contribution is -2.52. The van der Waals surface area contributed by atoms with Crippen LogP contribution in [-0.4, -0.2) is 53.1 Å². The average Bonchev–Trinajstić information content (AvgIpc) is 3.11.